The molecule has 0 spiro atoms. The monoisotopic (exact) mass is 476 g/mol. The SMILES string of the molecule is CNC([C@@H](C)I)n1c2ccc(C(C)(C)C)cc2c2cc(C(C)(C)C)ccc21. The van der Waals surface area contributed by atoms with Crippen LogP contribution >= 0.6 is 22.6 Å². The van der Waals surface area contributed by atoms with Crippen LogP contribution in [-0.4, -0.2) is 15.5 Å². The molecule has 0 amide bonds. The van der Waals surface area contributed by atoms with Gasteiger partial charge in [-0.05, 0) is 53.3 Å². The number of halogens is 1. The fourth-order valence-electron chi connectivity index (χ4n) is 3.85. The van der Waals surface area contributed by atoms with Crippen molar-refractivity contribution in [3.63, 3.8) is 0 Å². The highest BCUT2D eigenvalue weighted by molar-refractivity contribution is 14.1. The van der Waals surface area contributed by atoms with Crippen LogP contribution in [0.15, 0.2) is 36.4 Å². The van der Waals surface area contributed by atoms with Gasteiger partial charge in [0.05, 0.1) is 17.2 Å². The quantitative estimate of drug-likeness (QED) is 0.320. The summed E-state index contributed by atoms with van der Waals surface area (Å²) in [7, 11) is 2.06. The highest BCUT2D eigenvalue weighted by Gasteiger charge is 2.24. The molecule has 0 aliphatic carbocycles. The molecule has 1 unspecified atom stereocenters. The minimum Gasteiger partial charge on any atom is -0.323 e. The van der Waals surface area contributed by atoms with Gasteiger partial charge in [0.15, 0.2) is 0 Å². The van der Waals surface area contributed by atoms with Crippen molar-refractivity contribution >= 4 is 44.4 Å². The van der Waals surface area contributed by atoms with Crippen LogP contribution in [0.3, 0.4) is 0 Å². The average molecular weight is 476 g/mol. The second kappa shape index (κ2) is 7.07. The van der Waals surface area contributed by atoms with Crippen LogP contribution in [0.4, 0.5) is 0 Å². The molecule has 0 fully saturated rings. The summed E-state index contributed by atoms with van der Waals surface area (Å²) in [4.78, 5) is 0. The predicted octanol–water partition coefficient (Wildman–Crippen LogP) is 6.93. The Hall–Kier alpha value is -1.07. The maximum atomic E-state index is 3.53. The number of rotatable bonds is 3. The van der Waals surface area contributed by atoms with Gasteiger partial charge in [0.25, 0.3) is 0 Å². The topological polar surface area (TPSA) is 17.0 Å². The predicted molar refractivity (Wildman–Crippen MR) is 128 cm³/mol. The lowest BCUT2D eigenvalue weighted by molar-refractivity contribution is 0.467. The molecule has 0 saturated heterocycles. The van der Waals surface area contributed by atoms with Crippen molar-refractivity contribution in [1.82, 2.24) is 9.88 Å². The lowest BCUT2D eigenvalue weighted by Crippen LogP contribution is -2.29. The first-order valence-electron chi connectivity index (χ1n) is 9.85. The summed E-state index contributed by atoms with van der Waals surface area (Å²) in [5.74, 6) is 0. The van der Waals surface area contributed by atoms with Crippen molar-refractivity contribution < 1.29 is 0 Å². The van der Waals surface area contributed by atoms with E-state index in [2.05, 4.69) is 124 Å². The van der Waals surface area contributed by atoms with E-state index in [1.54, 1.807) is 0 Å². The zero-order valence-electron chi connectivity index (χ0n) is 17.9. The number of nitrogens with one attached hydrogen (secondary N) is 1. The molecule has 0 aliphatic heterocycles. The van der Waals surface area contributed by atoms with Gasteiger partial charge in [-0.1, -0.05) is 83.2 Å². The standard InChI is InChI=1S/C24H33IN2/c1-15(25)22(26-8)27-20-11-9-16(23(2,3)4)13-18(20)19-14-17(24(5,6)7)10-12-21(19)27/h9-15,22,26H,1-8H3/t15-,22?/m1/s1. The van der Waals surface area contributed by atoms with Crippen molar-refractivity contribution in [2.75, 3.05) is 7.05 Å². The van der Waals surface area contributed by atoms with E-state index >= 15 is 0 Å². The third-order valence-corrected chi connectivity index (χ3v) is 6.22. The van der Waals surface area contributed by atoms with Crippen LogP contribution in [0.5, 0.6) is 0 Å². The molecular weight excluding hydrogens is 443 g/mol. The van der Waals surface area contributed by atoms with Gasteiger partial charge in [0.2, 0.25) is 0 Å². The Morgan fingerprint density at radius 1 is 0.815 bits per heavy atom. The van der Waals surface area contributed by atoms with Gasteiger partial charge in [0, 0.05) is 14.7 Å². The molecule has 1 N–H and O–H groups in total. The summed E-state index contributed by atoms with van der Waals surface area (Å²) >= 11 is 2.53. The molecule has 1 aromatic heterocycles. The van der Waals surface area contributed by atoms with E-state index in [0.717, 1.165) is 0 Å². The zero-order chi connectivity index (χ0) is 20.1. The molecule has 2 atom stereocenters. The van der Waals surface area contributed by atoms with Crippen LogP contribution < -0.4 is 5.32 Å². The second-order valence-electron chi connectivity index (χ2n) is 9.74. The van der Waals surface area contributed by atoms with Gasteiger partial charge < -0.3 is 4.57 Å². The Morgan fingerprint density at radius 2 is 1.22 bits per heavy atom. The van der Waals surface area contributed by atoms with E-state index in [1.807, 2.05) is 0 Å². The summed E-state index contributed by atoms with van der Waals surface area (Å²) in [6.07, 6.45) is 0.256. The first-order valence-corrected chi connectivity index (χ1v) is 11.1. The van der Waals surface area contributed by atoms with E-state index in [-0.39, 0.29) is 17.0 Å². The highest BCUT2D eigenvalue weighted by atomic mass is 127. The van der Waals surface area contributed by atoms with Crippen molar-refractivity contribution in [1.29, 1.82) is 0 Å². The van der Waals surface area contributed by atoms with Crippen molar-refractivity contribution in [2.45, 2.75) is 69.4 Å². The van der Waals surface area contributed by atoms with Crippen LogP contribution in [0, 0.1) is 0 Å². The third-order valence-electron chi connectivity index (χ3n) is 5.54. The number of hydrogen-bond acceptors (Lipinski definition) is 1. The Kier molecular flexibility index (Phi) is 5.41. The number of alkyl halides is 1. The molecule has 3 heteroatoms. The minimum atomic E-state index is 0.142. The summed E-state index contributed by atoms with van der Waals surface area (Å²) in [6.45, 7) is 16.0. The van der Waals surface area contributed by atoms with E-state index in [4.69, 9.17) is 0 Å². The Morgan fingerprint density at radius 3 is 1.52 bits per heavy atom. The van der Waals surface area contributed by atoms with E-state index in [1.165, 1.54) is 32.9 Å². The molecule has 2 nitrogen and oxygen atoms in total. The summed E-state index contributed by atoms with van der Waals surface area (Å²) in [6, 6.07) is 14.0. The highest BCUT2D eigenvalue weighted by Crippen LogP contribution is 2.38. The van der Waals surface area contributed by atoms with Gasteiger partial charge >= 0.3 is 0 Å². The molecule has 27 heavy (non-hydrogen) atoms. The number of nitrogens with zero attached hydrogens (tertiary/aromatic N) is 1. The average Bonchev–Trinajstić information content (AvgIpc) is 2.87. The minimum absolute atomic E-state index is 0.142. The first-order chi connectivity index (χ1) is 12.4. The van der Waals surface area contributed by atoms with Crippen molar-refractivity contribution in [2.24, 2.45) is 0 Å². The van der Waals surface area contributed by atoms with Crippen LogP contribution in [0.25, 0.3) is 21.8 Å². The number of aromatic nitrogens is 1. The van der Waals surface area contributed by atoms with Gasteiger partial charge in [-0.15, -0.1) is 0 Å². The van der Waals surface area contributed by atoms with E-state index in [9.17, 15) is 0 Å². The zero-order valence-corrected chi connectivity index (χ0v) is 20.1. The molecule has 0 saturated carbocycles. The van der Waals surface area contributed by atoms with Gasteiger partial charge in [-0.25, -0.2) is 0 Å². The van der Waals surface area contributed by atoms with Gasteiger partial charge in [-0.3, -0.25) is 5.32 Å². The summed E-state index contributed by atoms with van der Waals surface area (Å²) in [5.41, 5.74) is 5.68. The molecule has 1 heterocycles. The maximum Gasteiger partial charge on any atom is 0.0959 e. The lowest BCUT2D eigenvalue weighted by atomic mass is 9.85. The largest absolute Gasteiger partial charge is 0.323 e. The van der Waals surface area contributed by atoms with Crippen LogP contribution in [0.2, 0.25) is 0 Å². The van der Waals surface area contributed by atoms with E-state index in [0.29, 0.717) is 3.92 Å². The Balaban J connectivity index is 2.43. The Labute approximate surface area is 177 Å². The fraction of sp³-hybridized carbons (Fsp3) is 0.500. The maximum absolute atomic E-state index is 3.53. The number of fused-ring (bicyclic) bond motifs is 3. The number of hydrogen-bond donors (Lipinski definition) is 1. The molecule has 3 rings (SSSR count). The van der Waals surface area contributed by atoms with Crippen LogP contribution in [-0.2, 0) is 10.8 Å². The second-order valence-corrected chi connectivity index (χ2v) is 11.7. The number of benzene rings is 2. The smallest absolute Gasteiger partial charge is 0.0959 e. The van der Waals surface area contributed by atoms with Crippen molar-refractivity contribution in [3.8, 4) is 0 Å². The van der Waals surface area contributed by atoms with E-state index < -0.39 is 0 Å². The fourth-order valence-corrected chi connectivity index (χ4v) is 4.53. The molecule has 0 radical (unpaired) electrons. The first kappa shape index (κ1) is 20.7. The molecule has 146 valence electrons. The Bertz CT molecular complexity index is 897. The molecule has 0 aliphatic rings. The van der Waals surface area contributed by atoms with Gasteiger partial charge in [0.1, 0.15) is 0 Å². The lowest BCUT2D eigenvalue weighted by Gasteiger charge is -2.24. The summed E-state index contributed by atoms with van der Waals surface area (Å²) in [5, 5.41) is 6.26. The molecule has 0 bridgehead atoms. The normalized spacial score (nSPS) is 15.4. The molecule has 2 aromatic carbocycles. The van der Waals surface area contributed by atoms with Gasteiger partial charge in [-0.2, -0.15) is 0 Å². The van der Waals surface area contributed by atoms with Crippen LogP contribution in [0.1, 0.15) is 65.8 Å². The third kappa shape index (κ3) is 3.77. The van der Waals surface area contributed by atoms with Crippen molar-refractivity contribution in [3.05, 3.63) is 47.5 Å². The molecule has 3 aromatic rings. The summed E-state index contributed by atoms with van der Waals surface area (Å²) < 4.78 is 2.96. The molecular formula is C24H33IN2.